The molecule has 98 valence electrons. The van der Waals surface area contributed by atoms with Gasteiger partial charge in [0.05, 0.1) is 6.04 Å². The fraction of sp³-hybridized carbons (Fsp3) is 0.250. The first-order chi connectivity index (χ1) is 9.15. The molecule has 0 saturated heterocycles. The van der Waals surface area contributed by atoms with Crippen molar-refractivity contribution in [1.29, 1.82) is 0 Å². The molecule has 0 spiro atoms. The zero-order valence-electron chi connectivity index (χ0n) is 10.7. The highest BCUT2D eigenvalue weighted by atomic mass is 79.9. The molecule has 1 aliphatic carbocycles. The Bertz CT molecular complexity index is 624. The Morgan fingerprint density at radius 2 is 2.11 bits per heavy atom. The highest BCUT2D eigenvalue weighted by molar-refractivity contribution is 9.10. The van der Waals surface area contributed by atoms with Crippen LogP contribution >= 0.6 is 15.9 Å². The number of fused-ring (bicyclic) bond motifs is 1. The maximum atomic E-state index is 13.2. The van der Waals surface area contributed by atoms with Crippen LogP contribution < -0.4 is 5.32 Å². The van der Waals surface area contributed by atoms with Gasteiger partial charge in [0.15, 0.2) is 0 Å². The van der Waals surface area contributed by atoms with Crippen LogP contribution in [0.4, 0.5) is 10.1 Å². The van der Waals surface area contributed by atoms with E-state index in [1.54, 1.807) is 12.1 Å². The van der Waals surface area contributed by atoms with Gasteiger partial charge in [-0.3, -0.25) is 0 Å². The molecule has 0 heterocycles. The summed E-state index contributed by atoms with van der Waals surface area (Å²) in [4.78, 5) is 0. The second kappa shape index (κ2) is 4.97. The molecule has 0 aromatic heterocycles. The van der Waals surface area contributed by atoms with Gasteiger partial charge in [0.1, 0.15) is 5.82 Å². The molecule has 3 rings (SSSR count). The Morgan fingerprint density at radius 3 is 2.95 bits per heavy atom. The molecule has 19 heavy (non-hydrogen) atoms. The molecule has 0 saturated carbocycles. The first kappa shape index (κ1) is 12.7. The van der Waals surface area contributed by atoms with Gasteiger partial charge in [0.2, 0.25) is 0 Å². The van der Waals surface area contributed by atoms with Crippen LogP contribution in [0.5, 0.6) is 0 Å². The number of halogens is 2. The smallest absolute Gasteiger partial charge is 0.123 e. The number of hydrogen-bond donors (Lipinski definition) is 1. The molecule has 1 nitrogen and oxygen atoms in total. The Kier molecular flexibility index (Phi) is 3.31. The zero-order valence-corrected chi connectivity index (χ0v) is 12.3. The third-order valence-electron chi connectivity index (χ3n) is 3.78. The highest BCUT2D eigenvalue weighted by Crippen LogP contribution is 2.35. The number of aryl methyl sites for hydroxylation is 1. The van der Waals surface area contributed by atoms with Gasteiger partial charge in [-0.1, -0.05) is 28.1 Å². The van der Waals surface area contributed by atoms with Crippen LogP contribution in [0.3, 0.4) is 0 Å². The van der Waals surface area contributed by atoms with Gasteiger partial charge < -0.3 is 5.32 Å². The zero-order chi connectivity index (χ0) is 13.4. The SMILES string of the molecule is Cc1c(Br)cccc1NC1CCc2cc(F)ccc21. The molecule has 0 aliphatic heterocycles. The molecular formula is C16H15BrFN. The summed E-state index contributed by atoms with van der Waals surface area (Å²) in [5.74, 6) is -0.141. The summed E-state index contributed by atoms with van der Waals surface area (Å²) in [5.41, 5.74) is 4.69. The van der Waals surface area contributed by atoms with Gasteiger partial charge in [-0.05, 0) is 60.7 Å². The normalized spacial score (nSPS) is 17.3. The lowest BCUT2D eigenvalue weighted by molar-refractivity contribution is 0.626. The van der Waals surface area contributed by atoms with Crippen molar-refractivity contribution in [1.82, 2.24) is 0 Å². The quantitative estimate of drug-likeness (QED) is 0.821. The number of rotatable bonds is 2. The Hall–Kier alpha value is -1.35. The molecule has 2 aromatic carbocycles. The molecule has 3 heteroatoms. The van der Waals surface area contributed by atoms with E-state index in [0.717, 1.165) is 28.6 Å². The molecule has 0 amide bonds. The first-order valence-corrected chi connectivity index (χ1v) is 7.24. The number of hydrogen-bond acceptors (Lipinski definition) is 1. The van der Waals surface area contributed by atoms with Gasteiger partial charge in [-0.2, -0.15) is 0 Å². The van der Waals surface area contributed by atoms with E-state index >= 15 is 0 Å². The minimum Gasteiger partial charge on any atom is -0.378 e. The summed E-state index contributed by atoms with van der Waals surface area (Å²) in [6.45, 7) is 2.09. The van der Waals surface area contributed by atoms with Gasteiger partial charge in [0.25, 0.3) is 0 Å². The van der Waals surface area contributed by atoms with E-state index in [1.807, 2.05) is 18.2 Å². The number of benzene rings is 2. The number of nitrogens with one attached hydrogen (secondary N) is 1. The van der Waals surface area contributed by atoms with Crippen LogP contribution in [-0.2, 0) is 6.42 Å². The molecular weight excluding hydrogens is 305 g/mol. The van der Waals surface area contributed by atoms with Crippen molar-refractivity contribution in [2.45, 2.75) is 25.8 Å². The van der Waals surface area contributed by atoms with Crippen molar-refractivity contribution in [3.63, 3.8) is 0 Å². The fourth-order valence-corrected chi connectivity index (χ4v) is 3.05. The van der Waals surface area contributed by atoms with Crippen molar-refractivity contribution < 1.29 is 4.39 Å². The van der Waals surface area contributed by atoms with E-state index in [2.05, 4.69) is 34.2 Å². The van der Waals surface area contributed by atoms with Crippen molar-refractivity contribution in [2.24, 2.45) is 0 Å². The summed E-state index contributed by atoms with van der Waals surface area (Å²) in [6.07, 6.45) is 1.96. The second-order valence-corrected chi connectivity index (χ2v) is 5.85. The maximum Gasteiger partial charge on any atom is 0.123 e. The lowest BCUT2D eigenvalue weighted by atomic mass is 10.1. The van der Waals surface area contributed by atoms with Crippen LogP contribution in [0.1, 0.15) is 29.2 Å². The van der Waals surface area contributed by atoms with Crippen LogP contribution in [0, 0.1) is 12.7 Å². The topological polar surface area (TPSA) is 12.0 Å². The molecule has 1 N–H and O–H groups in total. The molecule has 2 aromatic rings. The van der Waals surface area contributed by atoms with E-state index in [1.165, 1.54) is 11.1 Å². The summed E-state index contributed by atoms with van der Waals surface area (Å²) in [7, 11) is 0. The Morgan fingerprint density at radius 1 is 1.26 bits per heavy atom. The molecule has 1 unspecified atom stereocenters. The van der Waals surface area contributed by atoms with Crippen LogP contribution in [0.15, 0.2) is 40.9 Å². The van der Waals surface area contributed by atoms with E-state index in [4.69, 9.17) is 0 Å². The summed E-state index contributed by atoms with van der Waals surface area (Å²) < 4.78 is 14.3. The predicted molar refractivity (Wildman–Crippen MR) is 80.0 cm³/mol. The van der Waals surface area contributed by atoms with E-state index in [0.29, 0.717) is 0 Å². The third-order valence-corrected chi connectivity index (χ3v) is 4.64. The first-order valence-electron chi connectivity index (χ1n) is 6.45. The molecule has 0 radical (unpaired) electrons. The summed E-state index contributed by atoms with van der Waals surface area (Å²) >= 11 is 3.55. The molecule has 0 fully saturated rings. The van der Waals surface area contributed by atoms with Crippen molar-refractivity contribution >= 4 is 21.6 Å². The molecule has 0 bridgehead atoms. The van der Waals surface area contributed by atoms with Crippen molar-refractivity contribution in [3.8, 4) is 0 Å². The second-order valence-electron chi connectivity index (χ2n) is 4.99. The van der Waals surface area contributed by atoms with Gasteiger partial charge in [-0.25, -0.2) is 4.39 Å². The monoisotopic (exact) mass is 319 g/mol. The standard InChI is InChI=1S/C16H15BrFN/c1-10-14(17)3-2-4-15(10)19-16-8-5-11-9-12(18)6-7-13(11)16/h2-4,6-7,9,16,19H,5,8H2,1H3. The maximum absolute atomic E-state index is 13.2. The minimum absolute atomic E-state index is 0.141. The van der Waals surface area contributed by atoms with Gasteiger partial charge in [0, 0.05) is 10.2 Å². The average Bonchev–Trinajstić information content (AvgIpc) is 2.77. The third kappa shape index (κ3) is 2.39. The minimum atomic E-state index is -0.141. The van der Waals surface area contributed by atoms with Crippen molar-refractivity contribution in [2.75, 3.05) is 5.32 Å². The van der Waals surface area contributed by atoms with Gasteiger partial charge in [-0.15, -0.1) is 0 Å². The van der Waals surface area contributed by atoms with Crippen LogP contribution in [-0.4, -0.2) is 0 Å². The predicted octanol–water partition coefficient (Wildman–Crippen LogP) is 5.00. The average molecular weight is 320 g/mol. The lowest BCUT2D eigenvalue weighted by Gasteiger charge is -2.18. The summed E-state index contributed by atoms with van der Waals surface area (Å²) in [6, 6.07) is 11.5. The van der Waals surface area contributed by atoms with E-state index in [9.17, 15) is 4.39 Å². The van der Waals surface area contributed by atoms with Gasteiger partial charge >= 0.3 is 0 Å². The van der Waals surface area contributed by atoms with Crippen LogP contribution in [0.2, 0.25) is 0 Å². The van der Waals surface area contributed by atoms with Crippen LogP contribution in [0.25, 0.3) is 0 Å². The summed E-state index contributed by atoms with van der Waals surface area (Å²) in [5, 5.41) is 3.57. The molecule has 1 atom stereocenters. The largest absolute Gasteiger partial charge is 0.378 e. The Balaban J connectivity index is 1.89. The van der Waals surface area contributed by atoms with Crippen molar-refractivity contribution in [3.05, 3.63) is 63.4 Å². The Labute approximate surface area is 121 Å². The fourth-order valence-electron chi connectivity index (χ4n) is 2.69. The highest BCUT2D eigenvalue weighted by Gasteiger charge is 2.23. The van der Waals surface area contributed by atoms with E-state index in [-0.39, 0.29) is 11.9 Å². The van der Waals surface area contributed by atoms with E-state index < -0.39 is 0 Å². The lowest BCUT2D eigenvalue weighted by Crippen LogP contribution is -2.08. The molecule has 1 aliphatic rings. The number of anilines is 1.